The fourth-order valence-electron chi connectivity index (χ4n) is 1.30. The number of benzene rings is 1. The van der Waals surface area contributed by atoms with Gasteiger partial charge in [-0.1, -0.05) is 22.0 Å². The van der Waals surface area contributed by atoms with Gasteiger partial charge in [0.05, 0.1) is 6.10 Å². The van der Waals surface area contributed by atoms with Crippen LogP contribution < -0.4 is 15.8 Å². The molecule has 1 unspecified atom stereocenters. The number of aliphatic hydroxyl groups is 1. The largest absolute Gasteiger partial charge is 0.483 e. The molecule has 0 saturated carbocycles. The first-order chi connectivity index (χ1) is 8.40. The molecule has 0 bridgehead atoms. The third-order valence-electron chi connectivity index (χ3n) is 2.05. The number of ether oxygens (including phenoxy) is 1. The Morgan fingerprint density at radius 1 is 1.56 bits per heavy atom. The van der Waals surface area contributed by atoms with Crippen LogP contribution in [0.5, 0.6) is 5.75 Å². The Bertz CT molecular complexity index is 462. The van der Waals surface area contributed by atoms with Crippen LogP contribution in [-0.2, 0) is 4.79 Å². The highest BCUT2D eigenvalue weighted by Gasteiger charge is 2.12. The van der Waals surface area contributed by atoms with Crippen LogP contribution in [0.4, 0.5) is 4.79 Å². The SMILES string of the molecule is CC(O)c1ccc(Br)cc1OCC(=O)NC(N)=O. The number of primary amides is 1. The molecule has 0 spiro atoms. The molecule has 1 rings (SSSR count). The minimum absolute atomic E-state index is 0.360. The van der Waals surface area contributed by atoms with E-state index in [4.69, 9.17) is 10.5 Å². The number of nitrogens with two attached hydrogens (primary N) is 1. The molecule has 0 heterocycles. The Balaban J connectivity index is 2.74. The fourth-order valence-corrected chi connectivity index (χ4v) is 1.64. The van der Waals surface area contributed by atoms with Crippen LogP contribution in [0.3, 0.4) is 0 Å². The van der Waals surface area contributed by atoms with Crippen LogP contribution in [0.25, 0.3) is 0 Å². The standard InChI is InChI=1S/C11H13BrN2O4/c1-6(15)8-3-2-7(12)4-9(8)18-5-10(16)14-11(13)17/h2-4,6,15H,5H2,1H3,(H3,13,14,16,17). The van der Waals surface area contributed by atoms with Crippen LogP contribution in [0, 0.1) is 0 Å². The van der Waals surface area contributed by atoms with Gasteiger partial charge in [0.1, 0.15) is 5.75 Å². The molecular weight excluding hydrogens is 304 g/mol. The zero-order valence-electron chi connectivity index (χ0n) is 9.64. The number of halogens is 1. The first-order valence-corrected chi connectivity index (χ1v) is 5.89. The van der Waals surface area contributed by atoms with Crippen LogP contribution in [-0.4, -0.2) is 23.7 Å². The molecule has 0 radical (unpaired) electrons. The molecule has 4 N–H and O–H groups in total. The molecule has 98 valence electrons. The highest BCUT2D eigenvalue weighted by atomic mass is 79.9. The number of carbonyl (C=O) groups excluding carboxylic acids is 2. The van der Waals surface area contributed by atoms with Gasteiger partial charge >= 0.3 is 6.03 Å². The van der Waals surface area contributed by atoms with Gasteiger partial charge in [0, 0.05) is 10.0 Å². The summed E-state index contributed by atoms with van der Waals surface area (Å²) in [5, 5.41) is 11.4. The Kier molecular flexibility index (Phi) is 5.11. The lowest BCUT2D eigenvalue weighted by Gasteiger charge is -2.13. The third kappa shape index (κ3) is 4.34. The van der Waals surface area contributed by atoms with Crippen LogP contribution >= 0.6 is 15.9 Å². The van der Waals surface area contributed by atoms with Crippen molar-refractivity contribution in [2.45, 2.75) is 13.0 Å². The molecule has 6 nitrogen and oxygen atoms in total. The average Bonchev–Trinajstić information content (AvgIpc) is 2.25. The van der Waals surface area contributed by atoms with E-state index in [1.54, 1.807) is 25.1 Å². The number of amides is 3. The predicted octanol–water partition coefficient (Wildman–Crippen LogP) is 1.08. The number of nitrogens with one attached hydrogen (secondary N) is 1. The summed E-state index contributed by atoms with van der Waals surface area (Å²) in [7, 11) is 0. The molecule has 1 atom stereocenters. The number of carbonyl (C=O) groups is 2. The Morgan fingerprint density at radius 2 is 2.22 bits per heavy atom. The fraction of sp³-hybridized carbons (Fsp3) is 0.273. The summed E-state index contributed by atoms with van der Waals surface area (Å²) in [6.07, 6.45) is -0.729. The molecular formula is C11H13BrN2O4. The normalized spacial score (nSPS) is 11.7. The van der Waals surface area contributed by atoms with Gasteiger partial charge in [-0.15, -0.1) is 0 Å². The lowest BCUT2D eigenvalue weighted by atomic mass is 10.1. The van der Waals surface area contributed by atoms with E-state index in [0.717, 1.165) is 4.47 Å². The summed E-state index contributed by atoms with van der Waals surface area (Å²) in [5.41, 5.74) is 5.34. The maximum absolute atomic E-state index is 11.2. The minimum Gasteiger partial charge on any atom is -0.483 e. The summed E-state index contributed by atoms with van der Waals surface area (Å²) >= 11 is 3.26. The molecule has 0 saturated heterocycles. The van der Waals surface area contributed by atoms with Crippen molar-refractivity contribution in [1.29, 1.82) is 0 Å². The molecule has 0 aliphatic carbocycles. The maximum Gasteiger partial charge on any atom is 0.318 e. The molecule has 18 heavy (non-hydrogen) atoms. The van der Waals surface area contributed by atoms with E-state index >= 15 is 0 Å². The van der Waals surface area contributed by atoms with E-state index in [-0.39, 0.29) is 6.61 Å². The van der Waals surface area contributed by atoms with Crippen molar-refractivity contribution in [2.24, 2.45) is 5.73 Å². The van der Waals surface area contributed by atoms with Crippen molar-refractivity contribution < 1.29 is 19.4 Å². The van der Waals surface area contributed by atoms with Crippen molar-refractivity contribution in [2.75, 3.05) is 6.61 Å². The van der Waals surface area contributed by atoms with Crippen molar-refractivity contribution in [1.82, 2.24) is 5.32 Å². The van der Waals surface area contributed by atoms with Gasteiger partial charge in [0.25, 0.3) is 5.91 Å². The Labute approximate surface area is 112 Å². The Hall–Kier alpha value is -1.60. The van der Waals surface area contributed by atoms with Gasteiger partial charge < -0.3 is 15.6 Å². The van der Waals surface area contributed by atoms with Crippen LogP contribution in [0.2, 0.25) is 0 Å². The quantitative estimate of drug-likeness (QED) is 0.773. The molecule has 7 heteroatoms. The second-order valence-electron chi connectivity index (χ2n) is 3.56. The van der Waals surface area contributed by atoms with Crippen molar-refractivity contribution in [3.05, 3.63) is 28.2 Å². The van der Waals surface area contributed by atoms with Crippen molar-refractivity contribution in [3.8, 4) is 5.75 Å². The minimum atomic E-state index is -0.936. The monoisotopic (exact) mass is 316 g/mol. The van der Waals surface area contributed by atoms with E-state index in [0.29, 0.717) is 11.3 Å². The zero-order valence-corrected chi connectivity index (χ0v) is 11.2. The van der Waals surface area contributed by atoms with E-state index in [1.165, 1.54) is 0 Å². The third-order valence-corrected chi connectivity index (χ3v) is 2.54. The Morgan fingerprint density at radius 3 is 2.78 bits per heavy atom. The first kappa shape index (κ1) is 14.5. The lowest BCUT2D eigenvalue weighted by molar-refractivity contribution is -0.121. The predicted molar refractivity (Wildman–Crippen MR) is 68.0 cm³/mol. The lowest BCUT2D eigenvalue weighted by Crippen LogP contribution is -2.38. The van der Waals surface area contributed by atoms with Crippen molar-refractivity contribution >= 4 is 27.9 Å². The molecule has 0 aromatic heterocycles. The number of rotatable bonds is 4. The smallest absolute Gasteiger partial charge is 0.318 e. The number of hydrogen-bond acceptors (Lipinski definition) is 4. The number of urea groups is 1. The second-order valence-corrected chi connectivity index (χ2v) is 4.47. The molecule has 0 aliphatic rings. The van der Waals surface area contributed by atoms with E-state index in [9.17, 15) is 14.7 Å². The van der Waals surface area contributed by atoms with Crippen LogP contribution in [0.1, 0.15) is 18.6 Å². The summed E-state index contributed by atoms with van der Waals surface area (Å²) < 4.78 is 5.98. The summed E-state index contributed by atoms with van der Waals surface area (Å²) in [4.78, 5) is 21.6. The maximum atomic E-state index is 11.2. The van der Waals surface area contributed by atoms with Crippen LogP contribution in [0.15, 0.2) is 22.7 Å². The van der Waals surface area contributed by atoms with E-state index in [2.05, 4.69) is 15.9 Å². The molecule has 0 fully saturated rings. The number of hydrogen-bond donors (Lipinski definition) is 3. The number of aliphatic hydroxyl groups excluding tert-OH is 1. The van der Waals surface area contributed by atoms with E-state index in [1.807, 2.05) is 5.32 Å². The molecule has 0 aliphatic heterocycles. The highest BCUT2D eigenvalue weighted by molar-refractivity contribution is 9.10. The van der Waals surface area contributed by atoms with Gasteiger partial charge in [-0.3, -0.25) is 10.1 Å². The van der Waals surface area contributed by atoms with Gasteiger partial charge in [-0.25, -0.2) is 4.79 Å². The van der Waals surface area contributed by atoms with E-state index < -0.39 is 18.0 Å². The highest BCUT2D eigenvalue weighted by Crippen LogP contribution is 2.28. The zero-order chi connectivity index (χ0) is 13.7. The topological polar surface area (TPSA) is 102 Å². The molecule has 1 aromatic carbocycles. The summed E-state index contributed by atoms with van der Waals surface area (Å²) in [6, 6.07) is 4.11. The van der Waals surface area contributed by atoms with Gasteiger partial charge in [0.15, 0.2) is 6.61 Å². The van der Waals surface area contributed by atoms with Crippen molar-refractivity contribution in [3.63, 3.8) is 0 Å². The summed E-state index contributed by atoms with van der Waals surface area (Å²) in [5.74, 6) is -0.294. The first-order valence-electron chi connectivity index (χ1n) is 5.09. The average molecular weight is 317 g/mol. The second kappa shape index (κ2) is 6.36. The summed E-state index contributed by atoms with van der Waals surface area (Å²) in [6.45, 7) is 1.22. The van der Waals surface area contributed by atoms with Gasteiger partial charge in [0.2, 0.25) is 0 Å². The molecule has 3 amide bonds. The van der Waals surface area contributed by atoms with Gasteiger partial charge in [-0.2, -0.15) is 0 Å². The van der Waals surface area contributed by atoms with Gasteiger partial charge in [-0.05, 0) is 19.1 Å². The number of imide groups is 1. The molecule has 1 aromatic rings.